The van der Waals surface area contributed by atoms with E-state index in [1.54, 1.807) is 84.9 Å². The first-order valence-corrected chi connectivity index (χ1v) is 18.0. The first-order valence-electron chi connectivity index (χ1n) is 16.8. The van der Waals surface area contributed by atoms with Gasteiger partial charge in [0.15, 0.2) is 10.2 Å². The van der Waals surface area contributed by atoms with E-state index in [4.69, 9.17) is 57.7 Å². The SMILES string of the molecule is NC(=S)N(N=Cc1cccc(-c2ccc(Cl)cc2)c1O)c1cccc(C(=O)O)c1.NC(=S)N(N=Cc1cccc(-c2ccc(F)cc2)c1O)c1ccc(C(=O)O)cc1. The van der Waals surface area contributed by atoms with Crippen molar-refractivity contribution in [1.82, 2.24) is 0 Å². The average molecular weight is 835 g/mol. The molecule has 6 aromatic carbocycles. The maximum Gasteiger partial charge on any atom is 0.335 e. The molecule has 0 aliphatic rings. The average Bonchev–Trinajstić information content (AvgIpc) is 3.20. The van der Waals surface area contributed by atoms with Gasteiger partial charge in [-0.2, -0.15) is 10.2 Å². The molecule has 0 aliphatic carbocycles. The van der Waals surface area contributed by atoms with Crippen molar-refractivity contribution in [1.29, 1.82) is 0 Å². The second-order valence-electron chi connectivity index (χ2n) is 12.0. The van der Waals surface area contributed by atoms with E-state index in [1.807, 2.05) is 0 Å². The molecule has 0 aromatic heterocycles. The molecule has 6 aromatic rings. The number of nitrogens with zero attached hydrogens (tertiary/aromatic N) is 4. The molecule has 6 rings (SSSR count). The largest absolute Gasteiger partial charge is 0.507 e. The quantitative estimate of drug-likeness (QED) is 0.0438. The van der Waals surface area contributed by atoms with Gasteiger partial charge in [-0.05, 0) is 114 Å². The summed E-state index contributed by atoms with van der Waals surface area (Å²) in [5.74, 6) is -2.50. The molecule has 0 fully saturated rings. The molecule has 16 heteroatoms. The molecule has 0 aliphatic heterocycles. The number of aromatic hydroxyl groups is 2. The highest BCUT2D eigenvalue weighted by molar-refractivity contribution is 7.80. The maximum atomic E-state index is 13.2. The molecule has 8 N–H and O–H groups in total. The van der Waals surface area contributed by atoms with Crippen LogP contribution < -0.4 is 21.5 Å². The van der Waals surface area contributed by atoms with Crippen molar-refractivity contribution in [2.24, 2.45) is 21.7 Å². The minimum Gasteiger partial charge on any atom is -0.507 e. The molecule has 0 spiro atoms. The Bertz CT molecular complexity index is 2540. The summed E-state index contributed by atoms with van der Waals surface area (Å²) in [6.45, 7) is 0. The van der Waals surface area contributed by atoms with E-state index in [0.717, 1.165) is 5.56 Å². The second kappa shape index (κ2) is 19.1. The number of phenolic OH excluding ortho intramolecular Hbond substituents is 2. The van der Waals surface area contributed by atoms with E-state index in [9.17, 15) is 24.2 Å². The number of carboxylic acids is 2. The first-order chi connectivity index (χ1) is 27.7. The molecule has 0 saturated heterocycles. The Hall–Kier alpha value is -7.20. The highest BCUT2D eigenvalue weighted by Crippen LogP contribution is 2.33. The standard InChI is InChI=1S/C21H16ClN3O3S.C21H16FN3O3S/c22-16-9-7-13(8-10-16)18-6-2-4-15(19(18)26)12-24-25(21(23)29)17-5-1-3-14(11-17)20(27)28;22-16-8-4-13(5-9-16)18-3-1-2-15(19(18)26)12-24-25(21(23)29)17-10-6-14(7-11-17)20(27)28/h2*1-12,26H,(H2,23,29)(H,27,28). The van der Waals surface area contributed by atoms with Crippen LogP contribution in [0.3, 0.4) is 0 Å². The molecule has 58 heavy (non-hydrogen) atoms. The van der Waals surface area contributed by atoms with Crippen LogP contribution in [0.4, 0.5) is 15.8 Å². The van der Waals surface area contributed by atoms with Gasteiger partial charge in [-0.25, -0.2) is 24.0 Å². The van der Waals surface area contributed by atoms with Gasteiger partial charge in [-0.15, -0.1) is 0 Å². The molecule has 0 atom stereocenters. The Morgan fingerprint density at radius 2 is 1.05 bits per heavy atom. The third-order valence-corrected chi connectivity index (χ3v) is 8.78. The summed E-state index contributed by atoms with van der Waals surface area (Å²) in [5.41, 5.74) is 15.9. The summed E-state index contributed by atoms with van der Waals surface area (Å²) in [7, 11) is 0. The maximum absolute atomic E-state index is 13.2. The van der Waals surface area contributed by atoms with Crippen molar-refractivity contribution in [3.63, 3.8) is 0 Å². The van der Waals surface area contributed by atoms with Gasteiger partial charge >= 0.3 is 11.9 Å². The Kier molecular flexibility index (Phi) is 13.8. The molecule has 0 heterocycles. The Morgan fingerprint density at radius 3 is 1.52 bits per heavy atom. The third-order valence-electron chi connectivity index (χ3n) is 8.18. The van der Waals surface area contributed by atoms with Crippen molar-refractivity contribution < 1.29 is 34.4 Å². The normalized spacial score (nSPS) is 10.8. The number of hydrazone groups is 2. The fourth-order valence-electron chi connectivity index (χ4n) is 5.31. The van der Waals surface area contributed by atoms with Crippen molar-refractivity contribution in [2.75, 3.05) is 10.0 Å². The molecule has 0 unspecified atom stereocenters. The minimum absolute atomic E-state index is 0.0285. The lowest BCUT2D eigenvalue weighted by atomic mass is 10.0. The molecule has 292 valence electrons. The smallest absolute Gasteiger partial charge is 0.335 e. The topological polar surface area (TPSA) is 198 Å². The second-order valence-corrected chi connectivity index (χ2v) is 13.3. The summed E-state index contributed by atoms with van der Waals surface area (Å²) in [4.78, 5) is 22.2. The summed E-state index contributed by atoms with van der Waals surface area (Å²) in [6.07, 6.45) is 2.79. The molecular formula is C42H32ClFN6O6S2. The lowest BCUT2D eigenvalue weighted by Crippen LogP contribution is -2.31. The first kappa shape index (κ1) is 42.0. The molecular weight excluding hydrogens is 803 g/mol. The molecule has 0 saturated carbocycles. The number of rotatable bonds is 10. The van der Waals surface area contributed by atoms with Crippen LogP contribution in [0.25, 0.3) is 22.3 Å². The summed E-state index contributed by atoms with van der Waals surface area (Å²) >= 11 is 16.0. The van der Waals surface area contributed by atoms with Crippen molar-refractivity contribution in [2.45, 2.75) is 0 Å². The van der Waals surface area contributed by atoms with Gasteiger partial charge in [-0.1, -0.05) is 66.2 Å². The number of halogens is 2. The Morgan fingerprint density at radius 1 is 0.603 bits per heavy atom. The van der Waals surface area contributed by atoms with Crippen LogP contribution in [0.2, 0.25) is 5.02 Å². The lowest BCUT2D eigenvalue weighted by molar-refractivity contribution is 0.0686. The van der Waals surface area contributed by atoms with Crippen molar-refractivity contribution in [3.05, 3.63) is 167 Å². The van der Waals surface area contributed by atoms with Crippen LogP contribution in [0, 0.1) is 5.82 Å². The van der Waals surface area contributed by atoms with Gasteiger partial charge in [0.05, 0.1) is 34.9 Å². The zero-order valence-corrected chi connectivity index (χ0v) is 32.4. The van der Waals surface area contributed by atoms with E-state index in [0.29, 0.717) is 44.2 Å². The predicted octanol–water partition coefficient (Wildman–Crippen LogP) is 8.48. The van der Waals surface area contributed by atoms with Crippen LogP contribution in [-0.4, -0.2) is 55.0 Å². The summed E-state index contributed by atoms with van der Waals surface area (Å²) in [5, 5.41) is 50.8. The Balaban J connectivity index is 0.000000221. The number of benzene rings is 6. The van der Waals surface area contributed by atoms with Crippen LogP contribution in [0.5, 0.6) is 11.5 Å². The third kappa shape index (κ3) is 10.6. The van der Waals surface area contributed by atoms with Gasteiger partial charge < -0.3 is 31.9 Å². The van der Waals surface area contributed by atoms with E-state index >= 15 is 0 Å². The van der Waals surface area contributed by atoms with Gasteiger partial charge in [0.25, 0.3) is 0 Å². The van der Waals surface area contributed by atoms with Crippen LogP contribution in [-0.2, 0) is 0 Å². The van der Waals surface area contributed by atoms with Gasteiger partial charge in [0, 0.05) is 27.3 Å². The molecule has 0 bridgehead atoms. The minimum atomic E-state index is -1.08. The van der Waals surface area contributed by atoms with Crippen LogP contribution in [0.15, 0.2) is 144 Å². The highest BCUT2D eigenvalue weighted by atomic mass is 35.5. The number of carboxylic acid groups (broad SMARTS) is 2. The van der Waals surface area contributed by atoms with Crippen molar-refractivity contribution in [3.8, 4) is 33.8 Å². The number of aromatic carboxylic acids is 2. The number of phenols is 2. The molecule has 12 nitrogen and oxygen atoms in total. The number of carbonyl (C=O) groups is 2. The number of thiocarbonyl (C=S) groups is 2. The fourth-order valence-corrected chi connectivity index (χ4v) is 5.74. The zero-order valence-electron chi connectivity index (χ0n) is 30.0. The van der Waals surface area contributed by atoms with E-state index in [1.165, 1.54) is 71.0 Å². The number of nitrogens with two attached hydrogens (primary N) is 2. The molecule has 0 amide bonds. The highest BCUT2D eigenvalue weighted by Gasteiger charge is 2.14. The van der Waals surface area contributed by atoms with Gasteiger partial charge in [-0.3, -0.25) is 0 Å². The monoisotopic (exact) mass is 834 g/mol. The Labute approximate surface area is 347 Å². The predicted molar refractivity (Wildman–Crippen MR) is 233 cm³/mol. The van der Waals surface area contributed by atoms with E-state index in [-0.39, 0.29) is 38.7 Å². The van der Waals surface area contributed by atoms with Gasteiger partial charge in [0.1, 0.15) is 17.3 Å². The van der Waals surface area contributed by atoms with Crippen LogP contribution in [0.1, 0.15) is 31.8 Å². The number of anilines is 2. The summed E-state index contributed by atoms with van der Waals surface area (Å²) in [6, 6.07) is 35.1. The van der Waals surface area contributed by atoms with Crippen LogP contribution >= 0.6 is 36.0 Å². The lowest BCUT2D eigenvalue weighted by Gasteiger charge is -2.17. The summed E-state index contributed by atoms with van der Waals surface area (Å²) < 4.78 is 13.2. The van der Waals surface area contributed by atoms with E-state index in [2.05, 4.69) is 10.2 Å². The number of para-hydroxylation sites is 2. The number of hydrogen-bond donors (Lipinski definition) is 6. The zero-order chi connectivity index (χ0) is 41.9. The number of hydrogen-bond acceptors (Lipinski definition) is 8. The van der Waals surface area contributed by atoms with E-state index < -0.39 is 11.9 Å². The van der Waals surface area contributed by atoms with Gasteiger partial charge in [0.2, 0.25) is 0 Å². The molecule has 0 radical (unpaired) electrons. The fraction of sp³-hybridized carbons (Fsp3) is 0. The van der Waals surface area contributed by atoms with Crippen molar-refractivity contribution >= 4 is 82.0 Å².